The van der Waals surface area contributed by atoms with Gasteiger partial charge in [-0.2, -0.15) is 11.3 Å². The Morgan fingerprint density at radius 1 is 1.64 bits per heavy atom. The van der Waals surface area contributed by atoms with E-state index in [1.54, 1.807) is 0 Å². The molecular weight excluding hydrogens is 202 g/mol. The second kappa shape index (κ2) is 3.63. The van der Waals surface area contributed by atoms with Gasteiger partial charge in [0, 0.05) is 10.9 Å². The molecule has 5 heteroatoms. The van der Waals surface area contributed by atoms with Crippen molar-refractivity contribution in [1.82, 2.24) is 4.98 Å². The summed E-state index contributed by atoms with van der Waals surface area (Å²) in [5, 5.41) is 3.78. The Hall–Kier alpha value is -1.62. The first-order chi connectivity index (χ1) is 6.83. The van der Waals surface area contributed by atoms with Crippen LogP contribution in [0, 0.1) is 0 Å². The molecule has 0 bridgehead atoms. The molecule has 0 saturated heterocycles. The minimum Gasteiger partial charge on any atom is -0.464 e. The lowest BCUT2D eigenvalue weighted by atomic mass is 10.2. The van der Waals surface area contributed by atoms with Crippen LogP contribution in [0.3, 0.4) is 0 Å². The summed E-state index contributed by atoms with van der Waals surface area (Å²) in [7, 11) is 1.31. The molecule has 0 aliphatic carbocycles. The van der Waals surface area contributed by atoms with E-state index in [4.69, 9.17) is 4.42 Å². The van der Waals surface area contributed by atoms with Crippen LogP contribution in [0.1, 0.15) is 10.5 Å². The van der Waals surface area contributed by atoms with Gasteiger partial charge in [-0.05, 0) is 11.4 Å². The summed E-state index contributed by atoms with van der Waals surface area (Å²) in [6, 6.07) is 1.86. The van der Waals surface area contributed by atoms with Crippen LogP contribution in [0.4, 0.5) is 0 Å². The molecule has 2 rings (SSSR count). The predicted octanol–water partition coefficient (Wildman–Crippen LogP) is 2.19. The van der Waals surface area contributed by atoms with Gasteiger partial charge in [0.05, 0.1) is 7.11 Å². The van der Waals surface area contributed by atoms with Gasteiger partial charge in [-0.3, -0.25) is 0 Å². The first-order valence-corrected chi connectivity index (χ1v) is 4.81. The zero-order valence-electron chi connectivity index (χ0n) is 7.39. The molecule has 2 aromatic heterocycles. The van der Waals surface area contributed by atoms with Crippen molar-refractivity contribution in [2.75, 3.05) is 7.11 Å². The number of hydrogen-bond donors (Lipinski definition) is 0. The molecule has 2 aromatic rings. The Morgan fingerprint density at radius 2 is 2.50 bits per heavy atom. The summed E-state index contributed by atoms with van der Waals surface area (Å²) < 4.78 is 9.70. The van der Waals surface area contributed by atoms with Gasteiger partial charge in [0.25, 0.3) is 0 Å². The number of ether oxygens (including phenoxy) is 1. The molecule has 72 valence electrons. The van der Waals surface area contributed by atoms with Crippen molar-refractivity contribution in [2.45, 2.75) is 0 Å². The Balaban J connectivity index is 2.45. The van der Waals surface area contributed by atoms with E-state index in [0.717, 1.165) is 5.56 Å². The summed E-state index contributed by atoms with van der Waals surface area (Å²) >= 11 is 1.53. The van der Waals surface area contributed by atoms with E-state index in [2.05, 4.69) is 9.72 Å². The van der Waals surface area contributed by atoms with Crippen molar-refractivity contribution in [3.05, 3.63) is 28.9 Å². The number of rotatable bonds is 2. The normalized spacial score (nSPS) is 10.1. The average Bonchev–Trinajstić information content (AvgIpc) is 2.85. The minimum absolute atomic E-state index is 0.214. The third kappa shape index (κ3) is 1.42. The van der Waals surface area contributed by atoms with Crippen LogP contribution in [0.15, 0.2) is 27.6 Å². The van der Waals surface area contributed by atoms with Crippen LogP contribution in [-0.2, 0) is 4.74 Å². The van der Waals surface area contributed by atoms with Crippen LogP contribution in [0.2, 0.25) is 0 Å². The largest absolute Gasteiger partial charge is 0.464 e. The molecule has 0 spiro atoms. The fraction of sp³-hybridized carbons (Fsp3) is 0.111. The first-order valence-electron chi connectivity index (χ1n) is 3.87. The summed E-state index contributed by atoms with van der Waals surface area (Å²) in [5.41, 5.74) is 1.05. The van der Waals surface area contributed by atoms with Gasteiger partial charge in [-0.1, -0.05) is 0 Å². The monoisotopic (exact) mass is 209 g/mol. The SMILES string of the molecule is COC(=O)c1ncoc1-c1ccsc1. The molecule has 0 amide bonds. The summed E-state index contributed by atoms with van der Waals surface area (Å²) in [4.78, 5) is 15.1. The number of oxazole rings is 1. The molecular formula is C9H7NO3S. The summed E-state index contributed by atoms with van der Waals surface area (Å²) in [6.07, 6.45) is 1.24. The number of nitrogens with zero attached hydrogens (tertiary/aromatic N) is 1. The van der Waals surface area contributed by atoms with E-state index < -0.39 is 5.97 Å². The zero-order valence-corrected chi connectivity index (χ0v) is 8.21. The molecule has 4 nitrogen and oxygen atoms in total. The van der Waals surface area contributed by atoms with Crippen molar-refractivity contribution >= 4 is 17.3 Å². The molecule has 0 atom stereocenters. The summed E-state index contributed by atoms with van der Waals surface area (Å²) in [6.45, 7) is 0. The molecule has 0 unspecified atom stereocenters. The topological polar surface area (TPSA) is 52.3 Å². The number of esters is 1. The molecule has 0 aromatic carbocycles. The second-order valence-electron chi connectivity index (χ2n) is 2.53. The summed E-state index contributed by atoms with van der Waals surface area (Å²) in [5.74, 6) is -0.0296. The molecule has 0 radical (unpaired) electrons. The van der Waals surface area contributed by atoms with Crippen molar-refractivity contribution in [2.24, 2.45) is 0 Å². The lowest BCUT2D eigenvalue weighted by Gasteiger charge is -1.95. The Labute approximate surface area is 84.1 Å². The number of carbonyl (C=O) groups is 1. The second-order valence-corrected chi connectivity index (χ2v) is 3.31. The van der Waals surface area contributed by atoms with Crippen molar-refractivity contribution < 1.29 is 13.9 Å². The average molecular weight is 209 g/mol. The maximum Gasteiger partial charge on any atom is 0.360 e. The van der Waals surface area contributed by atoms with Gasteiger partial charge in [-0.25, -0.2) is 9.78 Å². The standard InChI is InChI=1S/C9H7NO3S/c1-12-9(11)7-8(13-5-10-7)6-2-3-14-4-6/h2-5H,1H3. The number of methoxy groups -OCH3 is 1. The third-order valence-electron chi connectivity index (χ3n) is 1.73. The van der Waals surface area contributed by atoms with Crippen LogP contribution in [0.5, 0.6) is 0 Å². The van der Waals surface area contributed by atoms with E-state index >= 15 is 0 Å². The van der Waals surface area contributed by atoms with Gasteiger partial charge in [0.15, 0.2) is 17.8 Å². The van der Waals surface area contributed by atoms with E-state index in [1.165, 1.54) is 24.8 Å². The molecule has 14 heavy (non-hydrogen) atoms. The van der Waals surface area contributed by atoms with E-state index in [9.17, 15) is 4.79 Å². The van der Waals surface area contributed by atoms with E-state index in [-0.39, 0.29) is 5.69 Å². The first kappa shape index (κ1) is 8.96. The minimum atomic E-state index is -0.486. The Kier molecular flexibility index (Phi) is 2.32. The molecule has 0 N–H and O–H groups in total. The number of thiophene rings is 1. The maximum absolute atomic E-state index is 11.2. The van der Waals surface area contributed by atoms with Crippen molar-refractivity contribution in [3.8, 4) is 11.3 Å². The van der Waals surface area contributed by atoms with Gasteiger partial charge in [0.1, 0.15) is 0 Å². The molecule has 2 heterocycles. The highest BCUT2D eigenvalue weighted by atomic mass is 32.1. The smallest absolute Gasteiger partial charge is 0.360 e. The number of hydrogen-bond acceptors (Lipinski definition) is 5. The quantitative estimate of drug-likeness (QED) is 0.711. The van der Waals surface area contributed by atoms with Crippen LogP contribution >= 0.6 is 11.3 Å². The zero-order chi connectivity index (χ0) is 9.97. The predicted molar refractivity (Wildman–Crippen MR) is 51.2 cm³/mol. The Morgan fingerprint density at radius 3 is 3.14 bits per heavy atom. The highest BCUT2D eigenvalue weighted by molar-refractivity contribution is 7.08. The number of carbonyl (C=O) groups excluding carboxylic acids is 1. The molecule has 0 saturated carbocycles. The highest BCUT2D eigenvalue weighted by Gasteiger charge is 2.18. The fourth-order valence-electron chi connectivity index (χ4n) is 1.09. The lowest BCUT2D eigenvalue weighted by Crippen LogP contribution is -2.02. The van der Waals surface area contributed by atoms with Gasteiger partial charge in [-0.15, -0.1) is 0 Å². The molecule has 0 aliphatic heterocycles. The van der Waals surface area contributed by atoms with E-state index in [1.807, 2.05) is 16.8 Å². The molecule has 0 aliphatic rings. The van der Waals surface area contributed by atoms with E-state index in [0.29, 0.717) is 5.76 Å². The van der Waals surface area contributed by atoms with Gasteiger partial charge < -0.3 is 9.15 Å². The third-order valence-corrected chi connectivity index (χ3v) is 2.41. The highest BCUT2D eigenvalue weighted by Crippen LogP contribution is 2.25. The van der Waals surface area contributed by atoms with Crippen LogP contribution in [0.25, 0.3) is 11.3 Å². The van der Waals surface area contributed by atoms with Gasteiger partial charge >= 0.3 is 5.97 Å². The van der Waals surface area contributed by atoms with Crippen LogP contribution in [-0.4, -0.2) is 18.1 Å². The number of aromatic nitrogens is 1. The lowest BCUT2D eigenvalue weighted by molar-refractivity contribution is 0.0595. The maximum atomic E-state index is 11.2. The van der Waals surface area contributed by atoms with Crippen LogP contribution < -0.4 is 0 Å². The van der Waals surface area contributed by atoms with Crippen molar-refractivity contribution in [3.63, 3.8) is 0 Å². The molecule has 0 fully saturated rings. The van der Waals surface area contributed by atoms with Crippen molar-refractivity contribution in [1.29, 1.82) is 0 Å². The van der Waals surface area contributed by atoms with Gasteiger partial charge in [0.2, 0.25) is 0 Å². The fourth-order valence-corrected chi connectivity index (χ4v) is 1.72. The Bertz CT molecular complexity index is 433.